The third kappa shape index (κ3) is 4.58. The number of carbonyl (C=O) groups is 1. The van der Waals surface area contributed by atoms with Crippen LogP contribution in [-0.4, -0.2) is 21.2 Å². The van der Waals surface area contributed by atoms with Gasteiger partial charge in [-0.25, -0.2) is 13.8 Å². The van der Waals surface area contributed by atoms with Crippen LogP contribution < -0.4 is 10.9 Å². The van der Waals surface area contributed by atoms with Gasteiger partial charge in [0.2, 0.25) is 5.91 Å². The van der Waals surface area contributed by atoms with Gasteiger partial charge < -0.3 is 5.32 Å². The minimum Gasteiger partial charge on any atom is -0.325 e. The summed E-state index contributed by atoms with van der Waals surface area (Å²) in [6, 6.07) is 14.0. The van der Waals surface area contributed by atoms with Crippen LogP contribution in [0.1, 0.15) is 5.56 Å². The van der Waals surface area contributed by atoms with Crippen molar-refractivity contribution in [2.24, 2.45) is 0 Å². The van der Waals surface area contributed by atoms with Crippen molar-refractivity contribution in [2.45, 2.75) is 11.7 Å². The normalized spacial score (nSPS) is 11.0. The molecule has 1 amide bonds. The summed E-state index contributed by atoms with van der Waals surface area (Å²) in [6.07, 6.45) is 0. The number of nitrogens with one attached hydrogen (secondary N) is 1. The molecule has 1 N–H and O–H groups in total. The van der Waals surface area contributed by atoms with Gasteiger partial charge in [-0.3, -0.25) is 14.2 Å². The number of thioether (sulfide) groups is 1. The molecule has 2 aromatic heterocycles. The molecule has 30 heavy (non-hydrogen) atoms. The van der Waals surface area contributed by atoms with E-state index in [0.29, 0.717) is 21.9 Å². The molecule has 4 aromatic rings. The highest BCUT2D eigenvalue weighted by atomic mass is 32.2. The van der Waals surface area contributed by atoms with E-state index in [-0.39, 0.29) is 17.0 Å². The predicted molar refractivity (Wildman–Crippen MR) is 115 cm³/mol. The van der Waals surface area contributed by atoms with Gasteiger partial charge in [-0.05, 0) is 29.1 Å². The second-order valence-electron chi connectivity index (χ2n) is 6.40. The van der Waals surface area contributed by atoms with Gasteiger partial charge in [-0.1, -0.05) is 42.1 Å². The molecule has 0 bridgehead atoms. The maximum Gasteiger partial charge on any atom is 0.272 e. The number of carbonyl (C=O) groups excluding carboxylic acids is 1. The number of hydrogen-bond acceptors (Lipinski definition) is 5. The standard InChI is InChI=1S/C21H15F2N3O2S2/c22-14-8-15(23)10-16(9-14)24-18(27)12-30-21-25-17-6-7-29-19(17)20(28)26(21)11-13-4-2-1-3-5-13/h1-10H,11-12H2,(H,24,27). The Morgan fingerprint density at radius 3 is 2.57 bits per heavy atom. The number of amides is 1. The first-order valence-corrected chi connectivity index (χ1v) is 10.8. The third-order valence-electron chi connectivity index (χ3n) is 4.19. The molecule has 0 saturated heterocycles. The minimum absolute atomic E-state index is 0.0287. The van der Waals surface area contributed by atoms with Gasteiger partial charge in [0.15, 0.2) is 5.16 Å². The van der Waals surface area contributed by atoms with E-state index < -0.39 is 17.5 Å². The molecule has 0 atom stereocenters. The molecule has 0 fully saturated rings. The van der Waals surface area contributed by atoms with Gasteiger partial charge in [0.05, 0.1) is 17.8 Å². The van der Waals surface area contributed by atoms with Crippen LogP contribution in [0.15, 0.2) is 69.9 Å². The number of anilines is 1. The van der Waals surface area contributed by atoms with Crippen LogP contribution in [0, 0.1) is 11.6 Å². The SMILES string of the molecule is O=C(CSc1nc2ccsc2c(=O)n1Cc1ccccc1)Nc1cc(F)cc(F)c1. The van der Waals surface area contributed by atoms with Crippen LogP contribution in [0.2, 0.25) is 0 Å². The molecular formula is C21H15F2N3O2S2. The lowest BCUT2D eigenvalue weighted by molar-refractivity contribution is -0.113. The molecule has 9 heteroatoms. The fourth-order valence-corrected chi connectivity index (χ4v) is 4.47. The Kier molecular flexibility index (Phi) is 5.91. The minimum atomic E-state index is -0.778. The fraction of sp³-hybridized carbons (Fsp3) is 0.0952. The van der Waals surface area contributed by atoms with Crippen molar-refractivity contribution in [3.8, 4) is 0 Å². The van der Waals surface area contributed by atoms with E-state index in [1.807, 2.05) is 30.3 Å². The Balaban J connectivity index is 1.57. The third-order valence-corrected chi connectivity index (χ3v) is 6.06. The summed E-state index contributed by atoms with van der Waals surface area (Å²) in [5.41, 5.74) is 1.36. The first-order valence-electron chi connectivity index (χ1n) is 8.90. The summed E-state index contributed by atoms with van der Waals surface area (Å²) in [5.74, 6) is -2.09. The monoisotopic (exact) mass is 443 g/mol. The van der Waals surface area contributed by atoms with Crippen molar-refractivity contribution in [1.29, 1.82) is 0 Å². The number of fused-ring (bicyclic) bond motifs is 1. The second-order valence-corrected chi connectivity index (χ2v) is 8.26. The summed E-state index contributed by atoms with van der Waals surface area (Å²) in [7, 11) is 0. The molecule has 0 saturated carbocycles. The zero-order valence-corrected chi connectivity index (χ0v) is 17.1. The summed E-state index contributed by atoms with van der Waals surface area (Å²) in [6.45, 7) is 0.319. The Hall–Kier alpha value is -3.04. The van der Waals surface area contributed by atoms with Crippen molar-refractivity contribution in [3.05, 3.63) is 87.5 Å². The molecule has 0 aliphatic rings. The average molecular weight is 444 g/mol. The molecule has 0 aliphatic heterocycles. The Labute approximate surface area is 178 Å². The maximum absolute atomic E-state index is 13.3. The maximum atomic E-state index is 13.3. The molecule has 0 spiro atoms. The van der Waals surface area contributed by atoms with E-state index in [0.717, 1.165) is 35.5 Å². The van der Waals surface area contributed by atoms with E-state index in [1.165, 1.54) is 15.9 Å². The average Bonchev–Trinajstić information content (AvgIpc) is 3.17. The summed E-state index contributed by atoms with van der Waals surface area (Å²) in [4.78, 5) is 29.8. The number of halogens is 2. The smallest absolute Gasteiger partial charge is 0.272 e. The first kappa shape index (κ1) is 20.2. The highest BCUT2D eigenvalue weighted by Crippen LogP contribution is 2.22. The molecule has 0 radical (unpaired) electrons. The molecule has 2 heterocycles. The number of benzene rings is 2. The molecule has 2 aromatic carbocycles. The lowest BCUT2D eigenvalue weighted by Gasteiger charge is -2.12. The van der Waals surface area contributed by atoms with E-state index >= 15 is 0 Å². The van der Waals surface area contributed by atoms with E-state index in [1.54, 1.807) is 11.4 Å². The topological polar surface area (TPSA) is 64.0 Å². The van der Waals surface area contributed by atoms with Crippen LogP contribution in [0.4, 0.5) is 14.5 Å². The van der Waals surface area contributed by atoms with Crippen molar-refractivity contribution >= 4 is 44.9 Å². The van der Waals surface area contributed by atoms with Crippen LogP contribution >= 0.6 is 23.1 Å². The summed E-state index contributed by atoms with van der Waals surface area (Å²) in [5, 5.41) is 4.65. The van der Waals surface area contributed by atoms with Gasteiger partial charge in [-0.15, -0.1) is 11.3 Å². The van der Waals surface area contributed by atoms with Crippen molar-refractivity contribution < 1.29 is 13.6 Å². The quantitative estimate of drug-likeness (QED) is 0.352. The van der Waals surface area contributed by atoms with Gasteiger partial charge in [-0.2, -0.15) is 0 Å². The lowest BCUT2D eigenvalue weighted by atomic mass is 10.2. The number of aromatic nitrogens is 2. The zero-order chi connectivity index (χ0) is 21.1. The van der Waals surface area contributed by atoms with E-state index in [4.69, 9.17) is 0 Å². The second kappa shape index (κ2) is 8.76. The largest absolute Gasteiger partial charge is 0.325 e. The van der Waals surface area contributed by atoms with Gasteiger partial charge >= 0.3 is 0 Å². The molecule has 0 aliphatic carbocycles. The van der Waals surface area contributed by atoms with Crippen LogP contribution in [0.5, 0.6) is 0 Å². The molecule has 4 rings (SSSR count). The highest BCUT2D eigenvalue weighted by molar-refractivity contribution is 7.99. The zero-order valence-electron chi connectivity index (χ0n) is 15.5. The van der Waals surface area contributed by atoms with Crippen molar-refractivity contribution in [2.75, 3.05) is 11.1 Å². The molecule has 152 valence electrons. The fourth-order valence-electron chi connectivity index (χ4n) is 2.89. The number of rotatable bonds is 6. The van der Waals surface area contributed by atoms with Crippen LogP contribution in [-0.2, 0) is 11.3 Å². The first-order chi connectivity index (χ1) is 14.5. The Morgan fingerprint density at radius 1 is 1.10 bits per heavy atom. The number of nitrogens with zero attached hydrogens (tertiary/aromatic N) is 2. The van der Waals surface area contributed by atoms with Gasteiger partial charge in [0.25, 0.3) is 5.56 Å². The van der Waals surface area contributed by atoms with Crippen molar-refractivity contribution in [1.82, 2.24) is 9.55 Å². The lowest BCUT2D eigenvalue weighted by Crippen LogP contribution is -2.24. The summed E-state index contributed by atoms with van der Waals surface area (Å²) < 4.78 is 28.7. The summed E-state index contributed by atoms with van der Waals surface area (Å²) >= 11 is 2.41. The molecule has 0 unspecified atom stereocenters. The van der Waals surface area contributed by atoms with Crippen molar-refractivity contribution in [3.63, 3.8) is 0 Å². The Morgan fingerprint density at radius 2 is 1.83 bits per heavy atom. The molecule has 5 nitrogen and oxygen atoms in total. The van der Waals surface area contributed by atoms with E-state index in [2.05, 4.69) is 10.3 Å². The van der Waals surface area contributed by atoms with E-state index in [9.17, 15) is 18.4 Å². The van der Waals surface area contributed by atoms with Crippen LogP contribution in [0.25, 0.3) is 10.2 Å². The predicted octanol–water partition coefficient (Wildman–Crippen LogP) is 4.52. The number of thiophene rings is 1. The number of hydrogen-bond donors (Lipinski definition) is 1. The Bertz CT molecular complexity index is 1250. The van der Waals surface area contributed by atoms with Gasteiger partial charge in [0, 0.05) is 11.8 Å². The van der Waals surface area contributed by atoms with Crippen LogP contribution in [0.3, 0.4) is 0 Å². The highest BCUT2D eigenvalue weighted by Gasteiger charge is 2.15. The molecular weight excluding hydrogens is 428 g/mol. The van der Waals surface area contributed by atoms with Gasteiger partial charge in [0.1, 0.15) is 16.3 Å².